The van der Waals surface area contributed by atoms with Crippen molar-refractivity contribution in [2.24, 2.45) is 0 Å². The number of rotatable bonds is 7. The van der Waals surface area contributed by atoms with Gasteiger partial charge in [0.2, 0.25) is 6.79 Å². The van der Waals surface area contributed by atoms with Crippen LogP contribution in [0.3, 0.4) is 0 Å². The Hall–Kier alpha value is -4.39. The van der Waals surface area contributed by atoms with Gasteiger partial charge < -0.3 is 28.7 Å². The highest BCUT2D eigenvalue weighted by Gasteiger charge is 2.24. The molecule has 1 aliphatic rings. The third-order valence-corrected chi connectivity index (χ3v) is 5.35. The fourth-order valence-electron chi connectivity index (χ4n) is 3.71. The van der Waals surface area contributed by atoms with Crippen LogP contribution in [0, 0.1) is 0 Å². The molecular weight excluding hydrogens is 434 g/mol. The summed E-state index contributed by atoms with van der Waals surface area (Å²) in [6.07, 6.45) is 0. The first kappa shape index (κ1) is 21.5. The molecule has 34 heavy (non-hydrogen) atoms. The first-order valence-electron chi connectivity index (χ1n) is 10.7. The summed E-state index contributed by atoms with van der Waals surface area (Å²) in [5.74, 6) is 2.69. The average molecular weight is 457 g/mol. The second-order valence-electron chi connectivity index (χ2n) is 7.96. The number of amides is 1. The van der Waals surface area contributed by atoms with Gasteiger partial charge in [-0.2, -0.15) is 0 Å². The van der Waals surface area contributed by atoms with E-state index in [1.54, 1.807) is 31.4 Å². The quantitative estimate of drug-likeness (QED) is 0.341. The molecule has 0 bridgehead atoms. The molecular formula is C27H23NO6. The minimum atomic E-state index is -0.319. The van der Waals surface area contributed by atoms with Gasteiger partial charge in [0.15, 0.2) is 11.5 Å². The van der Waals surface area contributed by atoms with Crippen LogP contribution in [-0.4, -0.2) is 26.4 Å². The number of hydrogen-bond acceptors (Lipinski definition) is 6. The van der Waals surface area contributed by atoms with Crippen LogP contribution in [0.5, 0.6) is 23.0 Å². The van der Waals surface area contributed by atoms with Crippen LogP contribution in [0.25, 0.3) is 22.3 Å². The zero-order valence-corrected chi connectivity index (χ0v) is 18.8. The Morgan fingerprint density at radius 2 is 1.76 bits per heavy atom. The Kier molecular flexibility index (Phi) is 5.59. The normalized spacial score (nSPS) is 11.9. The van der Waals surface area contributed by atoms with E-state index in [0.29, 0.717) is 57.6 Å². The molecule has 5 rings (SSSR count). The zero-order chi connectivity index (χ0) is 23.7. The van der Waals surface area contributed by atoms with Crippen molar-refractivity contribution in [1.29, 1.82) is 0 Å². The number of carbonyl (C=O) groups is 1. The summed E-state index contributed by atoms with van der Waals surface area (Å²) < 4.78 is 28.0. The lowest BCUT2D eigenvalue weighted by atomic mass is 10.0. The minimum absolute atomic E-state index is 0.160. The van der Waals surface area contributed by atoms with Crippen molar-refractivity contribution in [1.82, 2.24) is 0 Å². The van der Waals surface area contributed by atoms with Gasteiger partial charge in [-0.3, -0.25) is 4.79 Å². The van der Waals surface area contributed by atoms with E-state index in [4.69, 9.17) is 23.4 Å². The lowest BCUT2D eigenvalue weighted by Crippen LogP contribution is -2.12. The summed E-state index contributed by atoms with van der Waals surface area (Å²) in [5.41, 5.74) is 3.20. The van der Waals surface area contributed by atoms with Gasteiger partial charge >= 0.3 is 0 Å². The average Bonchev–Trinajstić information content (AvgIpc) is 3.46. The highest BCUT2D eigenvalue weighted by molar-refractivity contribution is 6.16. The maximum Gasteiger partial charge on any atom is 0.260 e. The Labute approximate surface area is 196 Å². The fourth-order valence-corrected chi connectivity index (χ4v) is 3.71. The molecule has 0 saturated carbocycles. The van der Waals surface area contributed by atoms with Crippen LogP contribution < -0.4 is 24.3 Å². The van der Waals surface area contributed by atoms with Crippen LogP contribution in [0.15, 0.2) is 77.2 Å². The molecule has 1 amide bonds. The van der Waals surface area contributed by atoms with Crippen LogP contribution in [-0.2, 0) is 0 Å². The van der Waals surface area contributed by atoms with E-state index in [1.807, 2.05) is 43.3 Å². The lowest BCUT2D eigenvalue weighted by molar-refractivity contribution is 0.102. The van der Waals surface area contributed by atoms with E-state index >= 15 is 0 Å². The second kappa shape index (κ2) is 8.86. The highest BCUT2D eigenvalue weighted by atomic mass is 16.7. The topological polar surface area (TPSA) is 79.2 Å². The minimum Gasteiger partial charge on any atom is -0.497 e. The SMILES string of the molecule is C=C(C)COc1ccc2oc(-c3ccc(OC)cc3)c(C(=O)Nc3ccc4c(c3)OCO4)c2c1. The molecule has 172 valence electrons. The monoisotopic (exact) mass is 457 g/mol. The molecule has 2 heterocycles. The van der Waals surface area contributed by atoms with Crippen molar-refractivity contribution in [3.05, 3.63) is 78.4 Å². The van der Waals surface area contributed by atoms with Gasteiger partial charge in [0.25, 0.3) is 5.91 Å². The Bertz CT molecular complexity index is 1390. The number of fused-ring (bicyclic) bond motifs is 2. The van der Waals surface area contributed by atoms with Crippen LogP contribution in [0.1, 0.15) is 17.3 Å². The summed E-state index contributed by atoms with van der Waals surface area (Å²) in [6.45, 7) is 6.30. The van der Waals surface area contributed by atoms with Crippen molar-refractivity contribution in [2.45, 2.75) is 6.92 Å². The Morgan fingerprint density at radius 1 is 1.00 bits per heavy atom. The number of methoxy groups -OCH3 is 1. The standard InChI is InChI=1S/C27H23NO6/c1-16(2)14-31-20-9-11-22-21(13-20)25(26(34-22)17-4-7-19(30-3)8-5-17)27(29)28-18-6-10-23-24(12-18)33-15-32-23/h4-13H,1,14-15H2,2-3H3,(H,28,29). The number of hydrogen-bond donors (Lipinski definition) is 1. The zero-order valence-electron chi connectivity index (χ0n) is 18.8. The maximum atomic E-state index is 13.6. The molecule has 1 N–H and O–H groups in total. The van der Waals surface area contributed by atoms with E-state index in [2.05, 4.69) is 11.9 Å². The van der Waals surface area contributed by atoms with E-state index in [-0.39, 0.29) is 12.7 Å². The third kappa shape index (κ3) is 4.15. The molecule has 0 fully saturated rings. The highest BCUT2D eigenvalue weighted by Crippen LogP contribution is 2.38. The number of furan rings is 1. The molecule has 0 saturated heterocycles. The van der Waals surface area contributed by atoms with Crippen molar-refractivity contribution in [2.75, 3.05) is 25.8 Å². The molecule has 1 aromatic heterocycles. The second-order valence-corrected chi connectivity index (χ2v) is 7.96. The number of anilines is 1. The van der Waals surface area contributed by atoms with Gasteiger partial charge in [-0.1, -0.05) is 6.58 Å². The summed E-state index contributed by atoms with van der Waals surface area (Å²) in [6, 6.07) is 18.0. The van der Waals surface area contributed by atoms with Crippen molar-refractivity contribution in [3.63, 3.8) is 0 Å². The smallest absolute Gasteiger partial charge is 0.260 e. The molecule has 7 nitrogen and oxygen atoms in total. The Balaban J connectivity index is 1.57. The van der Waals surface area contributed by atoms with Crippen LogP contribution in [0.2, 0.25) is 0 Å². The predicted molar refractivity (Wildman–Crippen MR) is 129 cm³/mol. The van der Waals surface area contributed by atoms with Gasteiger partial charge in [-0.25, -0.2) is 0 Å². The summed E-state index contributed by atoms with van der Waals surface area (Å²) in [7, 11) is 1.60. The molecule has 0 spiro atoms. The Morgan fingerprint density at radius 3 is 2.53 bits per heavy atom. The van der Waals surface area contributed by atoms with E-state index < -0.39 is 0 Å². The van der Waals surface area contributed by atoms with Crippen molar-refractivity contribution < 1.29 is 28.2 Å². The number of nitrogens with one attached hydrogen (secondary N) is 1. The largest absolute Gasteiger partial charge is 0.497 e. The summed E-state index contributed by atoms with van der Waals surface area (Å²) >= 11 is 0. The summed E-state index contributed by atoms with van der Waals surface area (Å²) in [5, 5.41) is 3.60. The van der Waals surface area contributed by atoms with E-state index in [9.17, 15) is 4.79 Å². The van der Waals surface area contributed by atoms with Crippen LogP contribution >= 0.6 is 0 Å². The molecule has 1 aliphatic heterocycles. The molecule has 7 heteroatoms. The maximum absolute atomic E-state index is 13.6. The molecule has 3 aromatic carbocycles. The van der Waals surface area contributed by atoms with Crippen molar-refractivity contribution in [3.8, 4) is 34.3 Å². The lowest BCUT2D eigenvalue weighted by Gasteiger charge is -2.08. The number of benzene rings is 3. The predicted octanol–water partition coefficient (Wildman–Crippen LogP) is 6.04. The first-order chi connectivity index (χ1) is 16.5. The fraction of sp³-hybridized carbons (Fsp3) is 0.148. The van der Waals surface area contributed by atoms with Gasteiger partial charge in [0.1, 0.15) is 29.4 Å². The van der Waals surface area contributed by atoms with Gasteiger partial charge in [0.05, 0.1) is 12.7 Å². The third-order valence-electron chi connectivity index (χ3n) is 5.35. The molecule has 0 atom stereocenters. The van der Waals surface area contributed by atoms with E-state index in [1.165, 1.54) is 0 Å². The van der Waals surface area contributed by atoms with Gasteiger partial charge in [-0.05, 0) is 67.1 Å². The molecule has 0 aliphatic carbocycles. The summed E-state index contributed by atoms with van der Waals surface area (Å²) in [4.78, 5) is 13.6. The first-order valence-corrected chi connectivity index (χ1v) is 10.7. The van der Waals surface area contributed by atoms with Gasteiger partial charge in [0, 0.05) is 22.7 Å². The van der Waals surface area contributed by atoms with Crippen molar-refractivity contribution >= 4 is 22.6 Å². The molecule has 0 radical (unpaired) electrons. The van der Waals surface area contributed by atoms with Crippen LogP contribution in [0.4, 0.5) is 5.69 Å². The van der Waals surface area contributed by atoms with E-state index in [0.717, 1.165) is 11.1 Å². The molecule has 0 unspecified atom stereocenters. The number of carbonyl (C=O) groups excluding carboxylic acids is 1. The van der Waals surface area contributed by atoms with Gasteiger partial charge in [-0.15, -0.1) is 0 Å². The molecule has 4 aromatic rings. The number of ether oxygens (including phenoxy) is 4.